The van der Waals surface area contributed by atoms with E-state index in [0.29, 0.717) is 25.2 Å². The van der Waals surface area contributed by atoms with Crippen molar-refractivity contribution in [2.24, 2.45) is 0 Å². The van der Waals surface area contributed by atoms with Gasteiger partial charge < -0.3 is 15.1 Å². The number of amides is 2. The van der Waals surface area contributed by atoms with E-state index in [1.165, 1.54) is 5.56 Å². The van der Waals surface area contributed by atoms with Crippen molar-refractivity contribution in [3.8, 4) is 0 Å². The highest BCUT2D eigenvalue weighted by Crippen LogP contribution is 2.34. The molecule has 4 aromatic rings. The molecule has 0 fully saturated rings. The zero-order valence-corrected chi connectivity index (χ0v) is 21.0. The van der Waals surface area contributed by atoms with Crippen LogP contribution >= 0.6 is 0 Å². The molecule has 2 amide bonds. The molecule has 0 spiro atoms. The Labute approximate surface area is 218 Å². The highest BCUT2D eigenvalue weighted by molar-refractivity contribution is 5.99. The minimum atomic E-state index is -0.226. The molecular formula is C32H31N3O2. The van der Waals surface area contributed by atoms with E-state index in [0.717, 1.165) is 28.8 Å². The fourth-order valence-electron chi connectivity index (χ4n) is 4.87. The number of rotatable bonds is 9. The Morgan fingerprint density at radius 3 is 2.11 bits per heavy atom. The van der Waals surface area contributed by atoms with Crippen LogP contribution in [0, 0.1) is 0 Å². The van der Waals surface area contributed by atoms with E-state index >= 15 is 0 Å². The van der Waals surface area contributed by atoms with Crippen LogP contribution < -0.4 is 5.32 Å². The number of nitrogens with one attached hydrogen (secondary N) is 1. The minimum Gasteiger partial charge on any atom is -0.361 e. The van der Waals surface area contributed by atoms with Crippen LogP contribution in [0.25, 0.3) is 0 Å². The lowest BCUT2D eigenvalue weighted by Gasteiger charge is -2.26. The Kier molecular flexibility index (Phi) is 7.31. The van der Waals surface area contributed by atoms with Crippen LogP contribution in [0.2, 0.25) is 0 Å². The maximum absolute atomic E-state index is 13.6. The first-order chi connectivity index (χ1) is 18.1. The Hall–Kier alpha value is -4.38. The van der Waals surface area contributed by atoms with Gasteiger partial charge in [0, 0.05) is 42.0 Å². The van der Waals surface area contributed by atoms with Crippen molar-refractivity contribution in [1.82, 2.24) is 9.80 Å². The normalized spacial score (nSPS) is 14.4. The molecule has 1 unspecified atom stereocenters. The standard InChI is InChI=1S/C32H31N3O2/c1-2-35-30(28-15-9-10-16-29(28)32(35)37)33-27-19-17-26(18-20-27)31(36)34(23-25-13-7-4-8-14-25)22-21-24-11-5-3-6-12-24/h3-20,30,33H,2,21-23H2,1H3. The quantitative estimate of drug-likeness (QED) is 0.306. The van der Waals surface area contributed by atoms with Crippen molar-refractivity contribution in [2.45, 2.75) is 26.1 Å². The van der Waals surface area contributed by atoms with Gasteiger partial charge in [-0.3, -0.25) is 9.59 Å². The lowest BCUT2D eigenvalue weighted by Crippen LogP contribution is -2.33. The van der Waals surface area contributed by atoms with E-state index in [4.69, 9.17) is 0 Å². The summed E-state index contributed by atoms with van der Waals surface area (Å²) in [4.78, 5) is 30.1. The van der Waals surface area contributed by atoms with Crippen LogP contribution in [0.1, 0.15) is 50.5 Å². The van der Waals surface area contributed by atoms with Crippen LogP contribution in [0.4, 0.5) is 5.69 Å². The van der Waals surface area contributed by atoms with E-state index in [-0.39, 0.29) is 18.0 Å². The van der Waals surface area contributed by atoms with Crippen molar-refractivity contribution in [1.29, 1.82) is 0 Å². The highest BCUT2D eigenvalue weighted by atomic mass is 16.2. The third-order valence-corrected chi connectivity index (χ3v) is 6.85. The summed E-state index contributed by atoms with van der Waals surface area (Å²) in [5.41, 5.74) is 5.53. The van der Waals surface area contributed by atoms with Crippen molar-refractivity contribution in [3.05, 3.63) is 137 Å². The molecule has 0 bridgehead atoms. The van der Waals surface area contributed by atoms with Gasteiger partial charge in [0.1, 0.15) is 6.17 Å². The van der Waals surface area contributed by atoms with Gasteiger partial charge in [-0.25, -0.2) is 0 Å². The number of fused-ring (bicyclic) bond motifs is 1. The summed E-state index contributed by atoms with van der Waals surface area (Å²) in [6.07, 6.45) is 0.566. The maximum Gasteiger partial charge on any atom is 0.256 e. The lowest BCUT2D eigenvalue weighted by molar-refractivity contribution is 0.0741. The molecule has 1 N–H and O–H groups in total. The number of nitrogens with zero attached hydrogens (tertiary/aromatic N) is 2. The predicted octanol–water partition coefficient (Wildman–Crippen LogP) is 6.16. The number of anilines is 1. The molecule has 1 atom stereocenters. The summed E-state index contributed by atoms with van der Waals surface area (Å²) in [7, 11) is 0. The minimum absolute atomic E-state index is 0.00269. The van der Waals surface area contributed by atoms with Crippen LogP contribution in [-0.2, 0) is 13.0 Å². The predicted molar refractivity (Wildman–Crippen MR) is 147 cm³/mol. The number of hydrogen-bond acceptors (Lipinski definition) is 3. The van der Waals surface area contributed by atoms with Crippen molar-refractivity contribution < 1.29 is 9.59 Å². The summed E-state index contributed by atoms with van der Waals surface area (Å²) >= 11 is 0. The second-order valence-corrected chi connectivity index (χ2v) is 9.25. The van der Waals surface area contributed by atoms with Gasteiger partial charge >= 0.3 is 0 Å². The van der Waals surface area contributed by atoms with Crippen molar-refractivity contribution in [3.63, 3.8) is 0 Å². The third kappa shape index (κ3) is 5.41. The van der Waals surface area contributed by atoms with Crippen molar-refractivity contribution >= 4 is 17.5 Å². The zero-order chi connectivity index (χ0) is 25.6. The fraction of sp³-hybridized carbons (Fsp3) is 0.188. The van der Waals surface area contributed by atoms with Gasteiger partial charge in [0.2, 0.25) is 0 Å². The van der Waals surface area contributed by atoms with Gasteiger partial charge in [0.05, 0.1) is 0 Å². The summed E-state index contributed by atoms with van der Waals surface area (Å²) in [6.45, 7) is 3.78. The Morgan fingerprint density at radius 2 is 1.43 bits per heavy atom. The SMILES string of the molecule is CCN1C(=O)c2ccccc2C1Nc1ccc(C(=O)N(CCc2ccccc2)Cc2ccccc2)cc1. The van der Waals surface area contributed by atoms with Crippen molar-refractivity contribution in [2.75, 3.05) is 18.4 Å². The van der Waals surface area contributed by atoms with Crippen LogP contribution in [0.3, 0.4) is 0 Å². The van der Waals surface area contributed by atoms with Crippen LogP contribution in [-0.4, -0.2) is 34.7 Å². The van der Waals surface area contributed by atoms with E-state index < -0.39 is 0 Å². The highest BCUT2D eigenvalue weighted by Gasteiger charge is 2.35. The topological polar surface area (TPSA) is 52.7 Å². The Bertz CT molecular complexity index is 1350. The molecule has 0 aromatic heterocycles. The van der Waals surface area contributed by atoms with Crippen LogP contribution in [0.5, 0.6) is 0 Å². The molecule has 0 saturated carbocycles. The fourth-order valence-corrected chi connectivity index (χ4v) is 4.87. The van der Waals surface area contributed by atoms with E-state index in [1.807, 2.05) is 102 Å². The molecule has 37 heavy (non-hydrogen) atoms. The molecule has 0 aliphatic carbocycles. The van der Waals surface area contributed by atoms with Gasteiger partial charge in [-0.15, -0.1) is 0 Å². The summed E-state index contributed by atoms with van der Waals surface area (Å²) in [5, 5.41) is 3.49. The first kappa shape index (κ1) is 24.3. The third-order valence-electron chi connectivity index (χ3n) is 6.85. The number of carbonyl (C=O) groups excluding carboxylic acids is 2. The van der Waals surface area contributed by atoms with E-state index in [1.54, 1.807) is 0 Å². The number of hydrogen-bond donors (Lipinski definition) is 1. The monoisotopic (exact) mass is 489 g/mol. The molecule has 186 valence electrons. The second kappa shape index (κ2) is 11.1. The number of benzene rings is 4. The Morgan fingerprint density at radius 1 is 0.811 bits per heavy atom. The molecule has 0 radical (unpaired) electrons. The first-order valence-corrected chi connectivity index (χ1v) is 12.8. The molecule has 0 saturated heterocycles. The second-order valence-electron chi connectivity index (χ2n) is 9.25. The number of carbonyl (C=O) groups is 2. The van der Waals surface area contributed by atoms with Gasteiger partial charge in [0.25, 0.3) is 11.8 Å². The van der Waals surface area contributed by atoms with Gasteiger partial charge in [-0.1, -0.05) is 78.9 Å². The van der Waals surface area contributed by atoms with Gasteiger partial charge in [-0.2, -0.15) is 0 Å². The summed E-state index contributed by atoms with van der Waals surface area (Å²) < 4.78 is 0. The first-order valence-electron chi connectivity index (χ1n) is 12.8. The maximum atomic E-state index is 13.6. The average molecular weight is 490 g/mol. The molecule has 5 nitrogen and oxygen atoms in total. The Balaban J connectivity index is 1.32. The molecule has 1 aliphatic heterocycles. The molecule has 4 aromatic carbocycles. The lowest BCUT2D eigenvalue weighted by atomic mass is 10.1. The van der Waals surface area contributed by atoms with E-state index in [9.17, 15) is 9.59 Å². The van der Waals surface area contributed by atoms with E-state index in [2.05, 4.69) is 29.6 Å². The van der Waals surface area contributed by atoms with Gasteiger partial charge in [0.15, 0.2) is 0 Å². The molecule has 5 heteroatoms. The summed E-state index contributed by atoms with van der Waals surface area (Å²) in [6, 6.07) is 35.6. The molecule has 1 heterocycles. The largest absolute Gasteiger partial charge is 0.361 e. The van der Waals surface area contributed by atoms with Crippen LogP contribution in [0.15, 0.2) is 109 Å². The zero-order valence-electron chi connectivity index (χ0n) is 21.0. The smallest absolute Gasteiger partial charge is 0.256 e. The molecular weight excluding hydrogens is 458 g/mol. The summed E-state index contributed by atoms with van der Waals surface area (Å²) in [5.74, 6) is 0.0419. The average Bonchev–Trinajstić information content (AvgIpc) is 3.22. The van der Waals surface area contributed by atoms with Gasteiger partial charge in [-0.05, 0) is 54.8 Å². The molecule has 1 aliphatic rings. The molecule has 5 rings (SSSR count).